The van der Waals surface area contributed by atoms with Gasteiger partial charge in [0, 0.05) is 6.42 Å². The summed E-state index contributed by atoms with van der Waals surface area (Å²) in [6.07, 6.45) is -0.0120. The third-order valence-corrected chi connectivity index (χ3v) is 0.958. The third kappa shape index (κ3) is 7.68. The van der Waals surface area contributed by atoms with Crippen molar-refractivity contribution in [2.24, 2.45) is 5.73 Å². The first-order valence-electron chi connectivity index (χ1n) is 2.78. The molecule has 10 heavy (non-hydrogen) atoms. The molecule has 0 aliphatic heterocycles. The van der Waals surface area contributed by atoms with E-state index in [2.05, 4.69) is 0 Å². The monoisotopic (exact) mass is 168 g/mol. The van der Waals surface area contributed by atoms with Gasteiger partial charge in [-0.25, -0.2) is 0 Å². The minimum absolute atomic E-state index is 0. The molecule has 0 aliphatic rings. The second-order valence-corrected chi connectivity index (χ2v) is 1.90. The van der Waals surface area contributed by atoms with Crippen molar-refractivity contribution >= 4 is 18.2 Å². The summed E-state index contributed by atoms with van der Waals surface area (Å²) in [5.41, 5.74) is 4.99. The van der Waals surface area contributed by atoms with Gasteiger partial charge in [-0.05, 0) is 6.42 Å². The Labute approximate surface area is 66.0 Å². The maximum absolute atomic E-state index is 8.70. The number of nitrogens with two attached hydrogens (primary N) is 1. The van der Waals surface area contributed by atoms with Crippen molar-refractivity contribution in [3.8, 4) is 0 Å². The van der Waals surface area contributed by atoms with E-state index in [1.54, 1.807) is 0 Å². The molecule has 0 aromatic heterocycles. The van der Waals surface area contributed by atoms with E-state index in [-0.39, 0.29) is 24.8 Å². The smallest absolute Gasteiger partial charge is 0.0906 e. The Morgan fingerprint density at radius 3 is 2.40 bits per heavy atom. The van der Waals surface area contributed by atoms with Crippen LogP contribution in [0.15, 0.2) is 0 Å². The first kappa shape index (κ1) is 12.4. The van der Waals surface area contributed by atoms with Gasteiger partial charge in [0.2, 0.25) is 0 Å². The lowest BCUT2D eigenvalue weighted by Crippen LogP contribution is -2.17. The molecule has 0 aliphatic carbocycles. The van der Waals surface area contributed by atoms with Crippen LogP contribution in [-0.2, 0) is 0 Å². The van der Waals surface area contributed by atoms with E-state index in [0.717, 1.165) is 0 Å². The SMILES string of the molecule is Cl.N=C(N)CC[C@@H](O)CO. The lowest BCUT2D eigenvalue weighted by molar-refractivity contribution is 0.0899. The molecule has 0 bridgehead atoms. The summed E-state index contributed by atoms with van der Waals surface area (Å²) in [5.74, 6) is 0.0440. The van der Waals surface area contributed by atoms with E-state index in [4.69, 9.17) is 21.4 Å². The zero-order valence-electron chi connectivity index (χ0n) is 5.58. The summed E-state index contributed by atoms with van der Waals surface area (Å²) in [4.78, 5) is 0. The fourth-order valence-corrected chi connectivity index (χ4v) is 0.413. The predicted octanol–water partition coefficient (Wildman–Crippen LogP) is -0.522. The molecule has 4 nitrogen and oxygen atoms in total. The number of aliphatic hydroxyl groups excluding tert-OH is 2. The number of aliphatic hydroxyl groups is 2. The van der Waals surface area contributed by atoms with Crippen molar-refractivity contribution in [1.29, 1.82) is 5.41 Å². The second kappa shape index (κ2) is 6.80. The maximum Gasteiger partial charge on any atom is 0.0906 e. The van der Waals surface area contributed by atoms with Gasteiger partial charge in [-0.2, -0.15) is 0 Å². The van der Waals surface area contributed by atoms with Crippen LogP contribution in [0.1, 0.15) is 12.8 Å². The van der Waals surface area contributed by atoms with Gasteiger partial charge in [0.25, 0.3) is 0 Å². The van der Waals surface area contributed by atoms with E-state index < -0.39 is 6.10 Å². The lowest BCUT2D eigenvalue weighted by Gasteiger charge is -2.03. The molecule has 0 radical (unpaired) electrons. The molecule has 5 N–H and O–H groups in total. The number of hydrogen-bond acceptors (Lipinski definition) is 3. The second-order valence-electron chi connectivity index (χ2n) is 1.90. The quantitative estimate of drug-likeness (QED) is 0.336. The van der Waals surface area contributed by atoms with Crippen molar-refractivity contribution < 1.29 is 10.2 Å². The molecule has 0 fully saturated rings. The van der Waals surface area contributed by atoms with Crippen molar-refractivity contribution in [2.75, 3.05) is 6.61 Å². The van der Waals surface area contributed by atoms with Crippen LogP contribution in [-0.4, -0.2) is 28.8 Å². The molecule has 62 valence electrons. The normalized spacial score (nSPS) is 11.8. The fourth-order valence-electron chi connectivity index (χ4n) is 0.413. The van der Waals surface area contributed by atoms with Crippen LogP contribution >= 0.6 is 12.4 Å². The molecule has 0 spiro atoms. The Kier molecular flexibility index (Phi) is 8.40. The highest BCUT2D eigenvalue weighted by Gasteiger charge is 2.00. The van der Waals surface area contributed by atoms with Crippen LogP contribution in [0.25, 0.3) is 0 Å². The van der Waals surface area contributed by atoms with Gasteiger partial charge in [0.1, 0.15) is 0 Å². The number of amidine groups is 1. The topological polar surface area (TPSA) is 90.3 Å². The minimum atomic E-state index is -0.728. The van der Waals surface area contributed by atoms with Gasteiger partial charge in [0.15, 0.2) is 0 Å². The van der Waals surface area contributed by atoms with Gasteiger partial charge in [0.05, 0.1) is 18.5 Å². The zero-order valence-corrected chi connectivity index (χ0v) is 6.40. The summed E-state index contributed by atoms with van der Waals surface area (Å²) >= 11 is 0. The van der Waals surface area contributed by atoms with Gasteiger partial charge in [-0.15, -0.1) is 12.4 Å². The first-order valence-corrected chi connectivity index (χ1v) is 2.78. The Hall–Kier alpha value is -0.320. The molecule has 0 aromatic carbocycles. The van der Waals surface area contributed by atoms with Gasteiger partial charge >= 0.3 is 0 Å². The molecule has 0 unspecified atom stereocenters. The van der Waals surface area contributed by atoms with Crippen LogP contribution < -0.4 is 5.73 Å². The number of rotatable bonds is 4. The molecule has 0 heterocycles. The highest BCUT2D eigenvalue weighted by Crippen LogP contribution is 1.93. The average molecular weight is 169 g/mol. The van der Waals surface area contributed by atoms with Crippen molar-refractivity contribution in [3.63, 3.8) is 0 Å². The van der Waals surface area contributed by atoms with Gasteiger partial charge in [-0.1, -0.05) is 0 Å². The van der Waals surface area contributed by atoms with Crippen LogP contribution in [0.3, 0.4) is 0 Å². The summed E-state index contributed by atoms with van der Waals surface area (Å²) in [5, 5.41) is 23.7. The Morgan fingerprint density at radius 2 is 2.10 bits per heavy atom. The number of nitrogens with one attached hydrogen (secondary N) is 1. The van der Waals surface area contributed by atoms with Crippen LogP contribution in [0.2, 0.25) is 0 Å². The number of halogens is 1. The summed E-state index contributed by atoms with van der Waals surface area (Å²) < 4.78 is 0. The van der Waals surface area contributed by atoms with E-state index in [1.165, 1.54) is 0 Å². The van der Waals surface area contributed by atoms with E-state index in [1.807, 2.05) is 0 Å². The molecule has 0 saturated carbocycles. The standard InChI is InChI=1S/C5H12N2O2.ClH/c6-5(7)2-1-4(9)3-8;/h4,8-9H,1-3H2,(H3,6,7);1H/t4-;/m1./s1. The molecule has 0 aromatic rings. The zero-order chi connectivity index (χ0) is 7.28. The molecule has 0 saturated heterocycles. The van der Waals surface area contributed by atoms with Crippen molar-refractivity contribution in [2.45, 2.75) is 18.9 Å². The Bertz CT molecular complexity index is 99.6. The highest BCUT2D eigenvalue weighted by atomic mass is 35.5. The maximum atomic E-state index is 8.70. The molecular formula is C5H13ClN2O2. The van der Waals surface area contributed by atoms with E-state index >= 15 is 0 Å². The van der Waals surface area contributed by atoms with Crippen molar-refractivity contribution in [1.82, 2.24) is 0 Å². The van der Waals surface area contributed by atoms with Crippen LogP contribution in [0, 0.1) is 5.41 Å². The average Bonchev–Trinajstić information content (AvgIpc) is 1.83. The molecular weight excluding hydrogens is 156 g/mol. The van der Waals surface area contributed by atoms with E-state index in [9.17, 15) is 0 Å². The van der Waals surface area contributed by atoms with E-state index in [0.29, 0.717) is 12.8 Å². The summed E-state index contributed by atoms with van der Waals surface area (Å²) in [6, 6.07) is 0. The Balaban J connectivity index is 0. The Morgan fingerprint density at radius 1 is 1.60 bits per heavy atom. The summed E-state index contributed by atoms with van der Waals surface area (Å²) in [6.45, 7) is -0.257. The highest BCUT2D eigenvalue weighted by molar-refractivity contribution is 5.85. The number of hydrogen-bond donors (Lipinski definition) is 4. The third-order valence-electron chi connectivity index (χ3n) is 0.958. The van der Waals surface area contributed by atoms with Crippen LogP contribution in [0.5, 0.6) is 0 Å². The van der Waals surface area contributed by atoms with Crippen LogP contribution in [0.4, 0.5) is 0 Å². The van der Waals surface area contributed by atoms with Gasteiger partial charge < -0.3 is 15.9 Å². The van der Waals surface area contributed by atoms with Gasteiger partial charge in [-0.3, -0.25) is 5.41 Å². The predicted molar refractivity (Wildman–Crippen MR) is 41.5 cm³/mol. The minimum Gasteiger partial charge on any atom is -0.394 e. The molecule has 0 amide bonds. The lowest BCUT2D eigenvalue weighted by atomic mass is 10.2. The molecule has 5 heteroatoms. The van der Waals surface area contributed by atoms with Crippen molar-refractivity contribution in [3.05, 3.63) is 0 Å². The first-order chi connectivity index (χ1) is 4.16. The molecule has 0 rings (SSSR count). The summed E-state index contributed by atoms with van der Waals surface area (Å²) in [7, 11) is 0. The fraction of sp³-hybridized carbons (Fsp3) is 0.800. The largest absolute Gasteiger partial charge is 0.394 e. The molecule has 1 atom stereocenters.